The number of nitrogens with two attached hydrogens (primary N) is 1. The van der Waals surface area contributed by atoms with Crippen LogP contribution in [-0.2, 0) is 59.2 Å². The lowest BCUT2D eigenvalue weighted by Crippen LogP contribution is -2.62. The quantitative estimate of drug-likeness (QED) is 0.0443. The summed E-state index contributed by atoms with van der Waals surface area (Å²) in [5.41, 5.74) is 6.43. The van der Waals surface area contributed by atoms with Crippen molar-refractivity contribution >= 4 is 65.2 Å². The first-order chi connectivity index (χ1) is 29.7. The van der Waals surface area contributed by atoms with Crippen molar-refractivity contribution in [2.45, 2.75) is 135 Å². The van der Waals surface area contributed by atoms with E-state index < -0.39 is 157 Å². The highest BCUT2D eigenvalue weighted by Crippen LogP contribution is 2.12. The summed E-state index contributed by atoms with van der Waals surface area (Å²) in [6.07, 6.45) is -2.88. The molecule has 0 aromatic heterocycles. The summed E-state index contributed by atoms with van der Waals surface area (Å²) in [4.78, 5) is 140. The molecule has 0 bridgehead atoms. The van der Waals surface area contributed by atoms with E-state index in [1.54, 1.807) is 30.3 Å². The second-order valence-electron chi connectivity index (χ2n) is 16.2. The van der Waals surface area contributed by atoms with Gasteiger partial charge in [0.1, 0.15) is 42.3 Å². The average Bonchev–Trinajstić information content (AvgIpc) is 3.20. The minimum atomic E-state index is -1.79. The molecule has 0 aliphatic heterocycles. The van der Waals surface area contributed by atoms with Crippen molar-refractivity contribution in [3.05, 3.63) is 35.9 Å². The fourth-order valence-corrected chi connectivity index (χ4v) is 5.92. The summed E-state index contributed by atoms with van der Waals surface area (Å²) in [7, 11) is 0. The third-order valence-electron chi connectivity index (χ3n) is 9.68. The monoisotopic (exact) mass is 906 g/mol. The van der Waals surface area contributed by atoms with Crippen molar-refractivity contribution in [1.82, 2.24) is 37.2 Å². The number of hydrogen-bond acceptors (Lipinski definition) is 12. The zero-order valence-electron chi connectivity index (χ0n) is 36.8. The number of aliphatic carboxylic acids is 4. The second kappa shape index (κ2) is 26.7. The Kier molecular flexibility index (Phi) is 23.1. The lowest BCUT2D eigenvalue weighted by Gasteiger charge is -2.30. The smallest absolute Gasteiger partial charge is 0.325 e. The van der Waals surface area contributed by atoms with Gasteiger partial charge in [-0.1, -0.05) is 71.9 Å². The molecule has 0 fully saturated rings. The largest absolute Gasteiger partial charge is 0.481 e. The number of rotatable bonds is 28. The molecule has 64 heavy (non-hydrogen) atoms. The maximum atomic E-state index is 13.8. The maximum absolute atomic E-state index is 13.8. The molecule has 0 radical (unpaired) electrons. The van der Waals surface area contributed by atoms with Gasteiger partial charge in [-0.25, -0.2) is 0 Å². The van der Waals surface area contributed by atoms with Crippen LogP contribution in [0.25, 0.3) is 0 Å². The van der Waals surface area contributed by atoms with E-state index in [1.807, 2.05) is 0 Å². The molecule has 0 spiro atoms. The maximum Gasteiger partial charge on any atom is 0.325 e. The zero-order chi connectivity index (χ0) is 49.0. The van der Waals surface area contributed by atoms with E-state index in [-0.39, 0.29) is 12.8 Å². The normalized spacial score (nSPS) is 14.9. The van der Waals surface area contributed by atoms with Gasteiger partial charge in [-0.3, -0.25) is 52.7 Å². The number of benzene rings is 1. The summed E-state index contributed by atoms with van der Waals surface area (Å²) >= 11 is 0. The van der Waals surface area contributed by atoms with E-state index >= 15 is 0 Å². The molecule has 23 nitrogen and oxygen atoms in total. The Hall–Kier alpha value is -6.65. The van der Waals surface area contributed by atoms with Gasteiger partial charge in [0, 0.05) is 19.3 Å². The number of carboxylic acid groups (broad SMARTS) is 4. The van der Waals surface area contributed by atoms with E-state index in [4.69, 9.17) is 10.8 Å². The average molecular weight is 907 g/mol. The third kappa shape index (κ3) is 19.6. The predicted molar refractivity (Wildman–Crippen MR) is 225 cm³/mol. The molecule has 7 amide bonds. The van der Waals surface area contributed by atoms with Crippen LogP contribution in [0, 0.1) is 17.8 Å². The predicted octanol–water partition coefficient (Wildman–Crippen LogP) is -1.77. The SMILES string of the molecule is CC(C)[C@H](NC(=O)[C@H](CC(=O)O)NC(=O)[C@@H](NC(=O)[C@@H](NC(=O)[C@H](CCC(=O)O)NC(=O)[C@H](Cc1ccccc1)NC(=O)[C@@H](N)CCC(=O)O)C(C)C)C(C)C)C(=O)N[C@@H](C)C(=O)O. The van der Waals surface area contributed by atoms with Crippen LogP contribution in [0.1, 0.15) is 86.1 Å². The number of carbonyl (C=O) groups is 11. The molecule has 0 unspecified atom stereocenters. The first-order valence-corrected chi connectivity index (χ1v) is 20.6. The van der Waals surface area contributed by atoms with Gasteiger partial charge in [-0.15, -0.1) is 0 Å². The van der Waals surface area contributed by atoms with E-state index in [2.05, 4.69) is 37.2 Å². The minimum absolute atomic E-state index is 0.123. The molecule has 0 heterocycles. The van der Waals surface area contributed by atoms with Crippen molar-refractivity contribution in [3.8, 4) is 0 Å². The van der Waals surface area contributed by atoms with Crippen LogP contribution < -0.4 is 43.0 Å². The number of nitrogens with one attached hydrogen (secondary N) is 7. The first-order valence-electron chi connectivity index (χ1n) is 20.6. The van der Waals surface area contributed by atoms with Gasteiger partial charge in [0.2, 0.25) is 41.4 Å². The molecule has 1 aromatic rings. The van der Waals surface area contributed by atoms with E-state index in [0.717, 1.165) is 0 Å². The molecule has 8 atom stereocenters. The van der Waals surface area contributed by atoms with Crippen molar-refractivity contribution in [1.29, 1.82) is 0 Å². The van der Waals surface area contributed by atoms with E-state index in [1.165, 1.54) is 48.5 Å². The van der Waals surface area contributed by atoms with Crippen molar-refractivity contribution in [2.24, 2.45) is 23.5 Å². The highest BCUT2D eigenvalue weighted by atomic mass is 16.4. The number of hydrogen-bond donors (Lipinski definition) is 12. The van der Waals surface area contributed by atoms with E-state index in [0.29, 0.717) is 5.56 Å². The van der Waals surface area contributed by atoms with Gasteiger partial charge in [0.05, 0.1) is 12.5 Å². The Morgan fingerprint density at radius 1 is 0.469 bits per heavy atom. The van der Waals surface area contributed by atoms with Crippen molar-refractivity contribution in [2.75, 3.05) is 0 Å². The van der Waals surface area contributed by atoms with Crippen LogP contribution in [0.15, 0.2) is 30.3 Å². The molecule has 0 saturated carbocycles. The summed E-state index contributed by atoms with van der Waals surface area (Å²) in [5, 5.41) is 53.9. The Morgan fingerprint density at radius 2 is 0.859 bits per heavy atom. The molecule has 13 N–H and O–H groups in total. The van der Waals surface area contributed by atoms with Gasteiger partial charge in [-0.05, 0) is 43.1 Å². The van der Waals surface area contributed by atoms with Crippen LogP contribution in [0.3, 0.4) is 0 Å². The lowest BCUT2D eigenvalue weighted by molar-refractivity contribution is -0.143. The standard InChI is InChI=1S/C41H62N8O15/c1-19(2)31(38(60)43-22(7)41(63)64)48-37(59)27(18-30(54)55)46-39(61)32(20(3)4)49-40(62)33(21(5)6)47-35(57)25(14-16-29(52)53)44-36(58)26(17-23-11-9-8-10-12-23)45-34(56)24(42)13-15-28(50)51/h8-12,19-22,24-27,31-33H,13-18,42H2,1-7H3,(H,43,60)(H,44,58)(H,45,56)(H,46,61)(H,47,57)(H,48,59)(H,49,62)(H,50,51)(H,52,53)(H,54,55)(H,63,64)/t22-,24-,25-,26-,27-,31-,32-,33-/m0/s1. The third-order valence-corrected chi connectivity index (χ3v) is 9.68. The van der Waals surface area contributed by atoms with E-state index in [9.17, 15) is 68.1 Å². The van der Waals surface area contributed by atoms with Crippen LogP contribution in [0.5, 0.6) is 0 Å². The van der Waals surface area contributed by atoms with Crippen molar-refractivity contribution < 1.29 is 73.2 Å². The Balaban J connectivity index is 3.36. The number of amides is 7. The molecule has 356 valence electrons. The topological polar surface area (TPSA) is 379 Å². The van der Waals surface area contributed by atoms with Gasteiger partial charge in [0.15, 0.2) is 0 Å². The Labute approximate surface area is 369 Å². The lowest BCUT2D eigenvalue weighted by atomic mass is 9.98. The highest BCUT2D eigenvalue weighted by molar-refractivity contribution is 5.98. The van der Waals surface area contributed by atoms with Crippen LogP contribution in [0.2, 0.25) is 0 Å². The molecule has 1 aromatic carbocycles. The molecule has 23 heteroatoms. The van der Waals surface area contributed by atoms with Gasteiger partial charge in [-0.2, -0.15) is 0 Å². The Bertz CT molecular complexity index is 1840. The molecule has 0 aliphatic rings. The summed E-state index contributed by atoms with van der Waals surface area (Å²) in [5.74, 6) is -14.2. The summed E-state index contributed by atoms with van der Waals surface area (Å²) in [6.45, 7) is 10.4. The highest BCUT2D eigenvalue weighted by Gasteiger charge is 2.37. The molecule has 0 saturated heterocycles. The molecule has 1 rings (SSSR count). The molecular formula is C41H62N8O15. The Morgan fingerprint density at radius 3 is 1.31 bits per heavy atom. The van der Waals surface area contributed by atoms with Gasteiger partial charge < -0.3 is 63.4 Å². The van der Waals surface area contributed by atoms with Crippen LogP contribution in [-0.4, -0.2) is 134 Å². The van der Waals surface area contributed by atoms with Gasteiger partial charge >= 0.3 is 23.9 Å². The zero-order valence-corrected chi connectivity index (χ0v) is 36.8. The van der Waals surface area contributed by atoms with Gasteiger partial charge in [0.25, 0.3) is 0 Å². The second-order valence-corrected chi connectivity index (χ2v) is 16.2. The number of carboxylic acids is 4. The van der Waals surface area contributed by atoms with Crippen LogP contribution >= 0.6 is 0 Å². The fraction of sp³-hybridized carbons (Fsp3) is 0.585. The summed E-state index contributed by atoms with van der Waals surface area (Å²) in [6, 6.07) is -3.31. The fourth-order valence-electron chi connectivity index (χ4n) is 5.92. The number of carbonyl (C=O) groups excluding carboxylic acids is 7. The van der Waals surface area contributed by atoms with Crippen LogP contribution in [0.4, 0.5) is 0 Å². The van der Waals surface area contributed by atoms with Crippen molar-refractivity contribution in [3.63, 3.8) is 0 Å². The molecular weight excluding hydrogens is 844 g/mol. The first kappa shape index (κ1) is 55.4. The molecule has 0 aliphatic carbocycles. The minimum Gasteiger partial charge on any atom is -0.481 e. The summed E-state index contributed by atoms with van der Waals surface area (Å²) < 4.78 is 0.